The highest BCUT2D eigenvalue weighted by Gasteiger charge is 2.56. The number of urea groups is 1. The molecule has 2 aliphatic rings. The van der Waals surface area contributed by atoms with Crippen molar-refractivity contribution in [3.8, 4) is 0 Å². The molecule has 10 nitrogen and oxygen atoms in total. The van der Waals surface area contributed by atoms with Crippen LogP contribution < -0.4 is 10.6 Å². The van der Waals surface area contributed by atoms with Crippen LogP contribution in [0.3, 0.4) is 0 Å². The summed E-state index contributed by atoms with van der Waals surface area (Å²) >= 11 is 0. The molecule has 1 heterocycles. The zero-order valence-corrected chi connectivity index (χ0v) is 16.6. The maximum absolute atomic E-state index is 12.9. The highest BCUT2D eigenvalue weighted by Crippen LogP contribution is 2.46. The Kier molecular flexibility index (Phi) is 6.30. The van der Waals surface area contributed by atoms with Crippen molar-refractivity contribution in [2.24, 2.45) is 11.3 Å². The van der Waals surface area contributed by atoms with Crippen LogP contribution in [0.2, 0.25) is 0 Å². The lowest BCUT2D eigenvalue weighted by molar-refractivity contribution is -0.151. The summed E-state index contributed by atoms with van der Waals surface area (Å²) in [5.74, 6) is -2.01. The molecule has 1 spiro atoms. The van der Waals surface area contributed by atoms with Crippen LogP contribution in [0.4, 0.5) is 9.59 Å². The summed E-state index contributed by atoms with van der Waals surface area (Å²) in [4.78, 5) is 60.6. The molecule has 2 fully saturated rings. The molecule has 5 amide bonds. The first-order valence-corrected chi connectivity index (χ1v) is 9.24. The quantitative estimate of drug-likeness (QED) is 0.521. The van der Waals surface area contributed by atoms with Crippen LogP contribution in [0.1, 0.15) is 47.0 Å². The molecule has 1 saturated heterocycles. The lowest BCUT2D eigenvalue weighted by Gasteiger charge is -2.43. The number of hydrogen-bond donors (Lipinski definition) is 2. The third-order valence-corrected chi connectivity index (χ3v) is 4.79. The van der Waals surface area contributed by atoms with E-state index in [2.05, 4.69) is 10.1 Å². The molecule has 156 valence electrons. The largest absolute Gasteiger partial charge is 0.454 e. The van der Waals surface area contributed by atoms with Crippen LogP contribution in [0.5, 0.6) is 0 Å². The summed E-state index contributed by atoms with van der Waals surface area (Å²) < 4.78 is 9.27. The second-order valence-corrected chi connectivity index (χ2v) is 8.19. The standard InChI is InChI=1S/C18H27N3O7/c1-5-27-16(26)19-12(22)9-28-13(23)8-21-14(24)18(20-15(21)25)7-11(2)6-17(3,4)10-18/h11H,5-10H2,1-4H3,(H,20,25)(H,19,22,26)/t11-,18-/m0/s1. The molecule has 10 heteroatoms. The molecule has 0 aromatic carbocycles. The molecule has 28 heavy (non-hydrogen) atoms. The molecule has 0 bridgehead atoms. The maximum Gasteiger partial charge on any atom is 0.413 e. The molecule has 0 aromatic rings. The monoisotopic (exact) mass is 397 g/mol. The second-order valence-electron chi connectivity index (χ2n) is 8.19. The Morgan fingerprint density at radius 1 is 1.21 bits per heavy atom. The number of carbonyl (C=O) groups excluding carboxylic acids is 5. The number of ether oxygens (including phenoxy) is 2. The molecule has 0 aromatic heterocycles. The van der Waals surface area contributed by atoms with E-state index in [0.29, 0.717) is 12.8 Å². The number of alkyl carbamates (subject to hydrolysis) is 1. The van der Waals surface area contributed by atoms with Crippen molar-refractivity contribution in [2.45, 2.75) is 52.5 Å². The van der Waals surface area contributed by atoms with Gasteiger partial charge in [-0.25, -0.2) is 9.59 Å². The van der Waals surface area contributed by atoms with E-state index in [9.17, 15) is 24.0 Å². The van der Waals surface area contributed by atoms with E-state index >= 15 is 0 Å². The van der Waals surface area contributed by atoms with Gasteiger partial charge in [0.15, 0.2) is 6.61 Å². The summed E-state index contributed by atoms with van der Waals surface area (Å²) in [6, 6.07) is -0.650. The zero-order valence-electron chi connectivity index (χ0n) is 16.6. The molecule has 2 atom stereocenters. The number of esters is 1. The van der Waals surface area contributed by atoms with Crippen LogP contribution in [0.25, 0.3) is 0 Å². The van der Waals surface area contributed by atoms with Crippen LogP contribution >= 0.6 is 0 Å². The zero-order chi connectivity index (χ0) is 21.1. The number of amides is 5. The third-order valence-electron chi connectivity index (χ3n) is 4.79. The van der Waals surface area contributed by atoms with Gasteiger partial charge >= 0.3 is 18.1 Å². The molecule has 1 aliphatic carbocycles. The summed E-state index contributed by atoms with van der Waals surface area (Å²) in [7, 11) is 0. The first kappa shape index (κ1) is 21.6. The number of rotatable bonds is 5. The van der Waals surface area contributed by atoms with E-state index in [1.165, 1.54) is 0 Å². The SMILES string of the molecule is CCOC(=O)NC(=O)COC(=O)CN1C(=O)N[C@]2(C[C@@H](C)CC(C)(C)C2)C1=O. The Morgan fingerprint density at radius 2 is 1.89 bits per heavy atom. The van der Waals surface area contributed by atoms with Gasteiger partial charge in [0.1, 0.15) is 12.1 Å². The van der Waals surface area contributed by atoms with Crippen molar-refractivity contribution in [2.75, 3.05) is 19.8 Å². The topological polar surface area (TPSA) is 131 Å². The fraction of sp³-hybridized carbons (Fsp3) is 0.722. The Bertz CT molecular complexity index is 691. The average Bonchev–Trinajstić information content (AvgIpc) is 2.74. The number of nitrogens with one attached hydrogen (secondary N) is 2. The number of nitrogens with zero attached hydrogens (tertiary/aromatic N) is 1. The summed E-state index contributed by atoms with van der Waals surface area (Å²) in [5, 5.41) is 4.63. The van der Waals surface area contributed by atoms with Gasteiger partial charge < -0.3 is 14.8 Å². The van der Waals surface area contributed by atoms with Crippen molar-refractivity contribution in [3.63, 3.8) is 0 Å². The minimum absolute atomic E-state index is 0.0856. The predicted octanol–water partition coefficient (Wildman–Crippen LogP) is 0.939. The van der Waals surface area contributed by atoms with Crippen LogP contribution in [0, 0.1) is 11.3 Å². The van der Waals surface area contributed by atoms with E-state index < -0.39 is 48.6 Å². The van der Waals surface area contributed by atoms with E-state index in [0.717, 1.165) is 11.3 Å². The molecule has 0 unspecified atom stereocenters. The van der Waals surface area contributed by atoms with Crippen molar-refractivity contribution >= 4 is 29.9 Å². The number of imide groups is 2. The number of hydrogen-bond acceptors (Lipinski definition) is 7. The minimum Gasteiger partial charge on any atom is -0.454 e. The van der Waals surface area contributed by atoms with E-state index in [-0.39, 0.29) is 17.9 Å². The van der Waals surface area contributed by atoms with Gasteiger partial charge in [0.25, 0.3) is 11.8 Å². The Hall–Kier alpha value is -2.65. The van der Waals surface area contributed by atoms with Gasteiger partial charge in [0.05, 0.1) is 6.61 Å². The van der Waals surface area contributed by atoms with Gasteiger partial charge in [-0.3, -0.25) is 24.6 Å². The first-order valence-electron chi connectivity index (χ1n) is 9.24. The maximum atomic E-state index is 12.9. The molecule has 1 saturated carbocycles. The summed E-state index contributed by atoms with van der Waals surface area (Å²) in [5.41, 5.74) is -1.14. The Balaban J connectivity index is 1.93. The summed E-state index contributed by atoms with van der Waals surface area (Å²) in [6.45, 7) is 6.45. The highest BCUT2D eigenvalue weighted by molar-refractivity contribution is 6.09. The number of carbonyl (C=O) groups is 5. The predicted molar refractivity (Wildman–Crippen MR) is 95.9 cm³/mol. The third kappa shape index (κ3) is 4.99. The van der Waals surface area contributed by atoms with Crippen molar-refractivity contribution < 1.29 is 33.4 Å². The normalized spacial score (nSPS) is 26.0. The van der Waals surface area contributed by atoms with Crippen molar-refractivity contribution in [1.82, 2.24) is 15.5 Å². The van der Waals surface area contributed by atoms with Crippen molar-refractivity contribution in [3.05, 3.63) is 0 Å². The van der Waals surface area contributed by atoms with Gasteiger partial charge in [-0.05, 0) is 37.5 Å². The average molecular weight is 397 g/mol. The molecular weight excluding hydrogens is 370 g/mol. The lowest BCUT2D eigenvalue weighted by Crippen LogP contribution is -2.54. The minimum atomic E-state index is -1.01. The fourth-order valence-corrected chi connectivity index (χ4v) is 4.29. The molecular formula is C18H27N3O7. The van der Waals surface area contributed by atoms with Gasteiger partial charge in [0.2, 0.25) is 0 Å². The van der Waals surface area contributed by atoms with Crippen LogP contribution in [-0.4, -0.2) is 60.1 Å². The van der Waals surface area contributed by atoms with Gasteiger partial charge in [-0.15, -0.1) is 0 Å². The van der Waals surface area contributed by atoms with E-state index in [1.54, 1.807) is 6.92 Å². The van der Waals surface area contributed by atoms with Crippen molar-refractivity contribution in [1.29, 1.82) is 0 Å². The molecule has 1 aliphatic heterocycles. The van der Waals surface area contributed by atoms with Gasteiger partial charge in [-0.1, -0.05) is 20.8 Å². The molecule has 2 N–H and O–H groups in total. The highest BCUT2D eigenvalue weighted by atomic mass is 16.6. The van der Waals surface area contributed by atoms with Gasteiger partial charge in [0, 0.05) is 0 Å². The summed E-state index contributed by atoms with van der Waals surface area (Å²) in [6.07, 6.45) is 0.987. The van der Waals surface area contributed by atoms with Crippen LogP contribution in [-0.2, 0) is 23.9 Å². The first-order chi connectivity index (χ1) is 13.0. The molecule has 2 rings (SSSR count). The second kappa shape index (κ2) is 8.15. The van der Waals surface area contributed by atoms with E-state index in [1.807, 2.05) is 26.1 Å². The smallest absolute Gasteiger partial charge is 0.413 e. The van der Waals surface area contributed by atoms with E-state index in [4.69, 9.17) is 4.74 Å². The lowest BCUT2D eigenvalue weighted by atomic mass is 9.64. The Morgan fingerprint density at radius 3 is 2.50 bits per heavy atom. The molecule has 0 radical (unpaired) electrons. The van der Waals surface area contributed by atoms with Crippen LogP contribution in [0.15, 0.2) is 0 Å². The van der Waals surface area contributed by atoms with Gasteiger partial charge in [-0.2, -0.15) is 0 Å². The fourth-order valence-electron chi connectivity index (χ4n) is 4.29. The Labute approximate surface area is 163 Å².